The number of nitrogens with zero attached hydrogens (tertiary/aromatic N) is 2. The number of alkyl halides is 3. The number of aromatic nitrogens is 1. The topological polar surface area (TPSA) is 34.5 Å². The number of pyridine rings is 1. The Kier molecular flexibility index (Phi) is 8.09. The van der Waals surface area contributed by atoms with Gasteiger partial charge in [-0.15, -0.1) is 10.7 Å². The quantitative estimate of drug-likeness (QED) is 0.427. The molecule has 2 aromatic rings. The van der Waals surface area contributed by atoms with Gasteiger partial charge in [-0.2, -0.15) is 13.2 Å². The van der Waals surface area contributed by atoms with Crippen molar-refractivity contribution in [2.75, 3.05) is 0 Å². The van der Waals surface area contributed by atoms with E-state index in [-0.39, 0.29) is 56.9 Å². The number of benzene rings is 1. The fourth-order valence-corrected chi connectivity index (χ4v) is 2.10. The van der Waals surface area contributed by atoms with Gasteiger partial charge in [-0.05, 0) is 37.6 Å². The summed E-state index contributed by atoms with van der Waals surface area (Å²) in [5.41, 5.74) is -0.0503. The predicted octanol–water partition coefficient (Wildman–Crippen LogP) is 2.07. The molecule has 0 fully saturated rings. The molecule has 0 aliphatic rings. The van der Waals surface area contributed by atoms with Gasteiger partial charge in [-0.25, -0.2) is 4.98 Å². The van der Waals surface area contributed by atoms with E-state index in [0.717, 1.165) is 6.07 Å². The molecule has 1 heterocycles. The molecule has 0 saturated carbocycles. The summed E-state index contributed by atoms with van der Waals surface area (Å²) in [5, 5.41) is 0.496. The van der Waals surface area contributed by atoms with Crippen molar-refractivity contribution in [3.8, 4) is 5.75 Å². The maximum Gasteiger partial charge on any atom is 1.00 e. The minimum Gasteiger partial charge on any atom is -0.470 e. The van der Waals surface area contributed by atoms with Gasteiger partial charge in [0, 0.05) is 5.39 Å². The van der Waals surface area contributed by atoms with Gasteiger partial charge in [0.25, 0.3) is 0 Å². The van der Waals surface area contributed by atoms with E-state index in [0.29, 0.717) is 21.2 Å². The Balaban J connectivity index is 0.00000288. The summed E-state index contributed by atoms with van der Waals surface area (Å²) < 4.78 is 44.4. The molecule has 1 atom stereocenters. The van der Waals surface area contributed by atoms with Gasteiger partial charge in [0.15, 0.2) is 6.23 Å². The number of aliphatic imine (C=N–C) groups is 1. The standard InChI is InChI=1S/C16H13BrF3N2O.K/c1-9-4-6-13(23-11(3)21-8-10(2)17)12-5-7-14(16(18,19)20)22-15(9)12;/h2,4-8,11H,1,3H3;/q-1;+1/b21-8-;. The van der Waals surface area contributed by atoms with E-state index in [4.69, 9.17) is 11.3 Å². The van der Waals surface area contributed by atoms with Crippen molar-refractivity contribution in [2.24, 2.45) is 4.99 Å². The Labute approximate surface area is 188 Å². The Morgan fingerprint density at radius 3 is 2.58 bits per heavy atom. The Morgan fingerprint density at radius 2 is 2.00 bits per heavy atom. The molecule has 122 valence electrons. The molecule has 8 heteroatoms. The molecular formula is C16H13BrF3KN2O. The Hall–Kier alpha value is -0.254. The smallest absolute Gasteiger partial charge is 0.470 e. The van der Waals surface area contributed by atoms with E-state index in [1.54, 1.807) is 26.0 Å². The summed E-state index contributed by atoms with van der Waals surface area (Å²) in [4.78, 5) is 7.76. The first kappa shape index (κ1) is 21.8. The zero-order chi connectivity index (χ0) is 17.2. The fraction of sp³-hybridized carbons (Fsp3) is 0.250. The number of aryl methyl sites for hydroxylation is 1. The van der Waals surface area contributed by atoms with Crippen LogP contribution in [0.2, 0.25) is 0 Å². The third-order valence-electron chi connectivity index (χ3n) is 3.01. The van der Waals surface area contributed by atoms with Gasteiger partial charge in [-0.3, -0.25) is 6.58 Å². The summed E-state index contributed by atoms with van der Waals surface area (Å²) in [6.45, 7) is 8.80. The van der Waals surface area contributed by atoms with E-state index >= 15 is 0 Å². The van der Waals surface area contributed by atoms with Gasteiger partial charge in [-0.1, -0.05) is 22.0 Å². The molecule has 0 amide bonds. The normalized spacial score (nSPS) is 12.9. The van der Waals surface area contributed by atoms with Crippen molar-refractivity contribution in [1.29, 1.82) is 0 Å². The number of hydrogen-bond acceptors (Lipinski definition) is 3. The molecule has 0 saturated heterocycles. The van der Waals surface area contributed by atoms with E-state index in [2.05, 4.69) is 25.9 Å². The number of fused-ring (bicyclic) bond motifs is 1. The third-order valence-corrected chi connectivity index (χ3v) is 3.22. The summed E-state index contributed by atoms with van der Waals surface area (Å²) in [5.74, 6) is 0.407. The second-order valence-electron chi connectivity index (χ2n) is 4.85. The minimum absolute atomic E-state index is 0. The first-order valence-electron chi connectivity index (χ1n) is 6.64. The Morgan fingerprint density at radius 1 is 1.33 bits per heavy atom. The number of allylic oxidation sites excluding steroid dienone is 1. The maximum absolute atomic E-state index is 12.8. The SMILES string of the molecule is [CH-]=C(Br)/C=N\C(C)Oc1ccc(C)c2nc(C(F)(F)F)ccc12.[K+]. The van der Waals surface area contributed by atoms with Crippen molar-refractivity contribution in [1.82, 2.24) is 4.98 Å². The fourth-order valence-electron chi connectivity index (χ4n) is 1.98. The molecule has 0 bridgehead atoms. The summed E-state index contributed by atoms with van der Waals surface area (Å²) >= 11 is 3.04. The van der Waals surface area contributed by atoms with Crippen LogP contribution in [0.5, 0.6) is 5.75 Å². The van der Waals surface area contributed by atoms with Crippen molar-refractivity contribution in [2.45, 2.75) is 26.3 Å². The summed E-state index contributed by atoms with van der Waals surface area (Å²) in [6, 6.07) is 5.63. The van der Waals surface area contributed by atoms with Crippen LogP contribution < -0.4 is 56.1 Å². The van der Waals surface area contributed by atoms with Gasteiger partial charge in [0.2, 0.25) is 0 Å². The van der Waals surface area contributed by atoms with Crippen LogP contribution in [0.25, 0.3) is 10.9 Å². The van der Waals surface area contributed by atoms with E-state index in [9.17, 15) is 13.2 Å². The van der Waals surface area contributed by atoms with Crippen LogP contribution in [0, 0.1) is 13.5 Å². The zero-order valence-electron chi connectivity index (χ0n) is 13.4. The molecule has 0 aliphatic carbocycles. The van der Waals surface area contributed by atoms with Crippen LogP contribution in [-0.4, -0.2) is 17.4 Å². The molecule has 3 nitrogen and oxygen atoms in total. The molecule has 0 N–H and O–H groups in total. The van der Waals surface area contributed by atoms with Crippen LogP contribution in [0.3, 0.4) is 0 Å². The molecule has 1 aromatic carbocycles. The van der Waals surface area contributed by atoms with E-state index in [1.807, 2.05) is 0 Å². The predicted molar refractivity (Wildman–Crippen MR) is 86.8 cm³/mol. The second kappa shape index (κ2) is 8.91. The molecule has 24 heavy (non-hydrogen) atoms. The summed E-state index contributed by atoms with van der Waals surface area (Å²) in [7, 11) is 0. The number of halogens is 4. The van der Waals surface area contributed by atoms with Crippen LogP contribution in [0.15, 0.2) is 33.7 Å². The van der Waals surface area contributed by atoms with Gasteiger partial charge < -0.3 is 9.73 Å². The van der Waals surface area contributed by atoms with Crippen LogP contribution in [-0.2, 0) is 6.18 Å². The zero-order valence-corrected chi connectivity index (χ0v) is 18.1. The molecule has 0 aliphatic heterocycles. The average Bonchev–Trinajstić information content (AvgIpc) is 2.47. The number of rotatable bonds is 4. The van der Waals surface area contributed by atoms with Crippen molar-refractivity contribution in [3.63, 3.8) is 0 Å². The third kappa shape index (κ3) is 5.64. The molecule has 2 rings (SSSR count). The first-order chi connectivity index (χ1) is 10.7. The average molecular weight is 425 g/mol. The minimum atomic E-state index is -4.49. The number of ether oxygens (including phenoxy) is 1. The van der Waals surface area contributed by atoms with Crippen molar-refractivity contribution in [3.05, 3.63) is 46.6 Å². The molecule has 0 radical (unpaired) electrons. The van der Waals surface area contributed by atoms with Crippen LogP contribution in [0.4, 0.5) is 13.2 Å². The van der Waals surface area contributed by atoms with Crippen molar-refractivity contribution < 1.29 is 69.3 Å². The summed E-state index contributed by atoms with van der Waals surface area (Å²) in [6.07, 6.45) is -3.65. The largest absolute Gasteiger partial charge is 1.00 e. The Bertz CT molecular complexity index is 778. The van der Waals surface area contributed by atoms with Crippen LogP contribution in [0.1, 0.15) is 18.2 Å². The monoisotopic (exact) mass is 424 g/mol. The van der Waals surface area contributed by atoms with E-state index < -0.39 is 18.1 Å². The number of hydrogen-bond donors (Lipinski definition) is 0. The molecule has 0 spiro atoms. The van der Waals surface area contributed by atoms with E-state index in [1.165, 1.54) is 12.3 Å². The van der Waals surface area contributed by atoms with Gasteiger partial charge in [0.1, 0.15) is 11.4 Å². The van der Waals surface area contributed by atoms with Gasteiger partial charge >= 0.3 is 57.6 Å². The van der Waals surface area contributed by atoms with Crippen molar-refractivity contribution >= 4 is 33.0 Å². The maximum atomic E-state index is 12.8. The van der Waals surface area contributed by atoms with Gasteiger partial charge in [0.05, 0.1) is 5.52 Å². The first-order valence-corrected chi connectivity index (χ1v) is 7.43. The molecular weight excluding hydrogens is 412 g/mol. The molecule has 1 aromatic heterocycles. The van der Waals surface area contributed by atoms with Crippen LogP contribution >= 0.6 is 15.9 Å². The molecule has 1 unspecified atom stereocenters. The second-order valence-corrected chi connectivity index (χ2v) is 5.77.